The molecular formula is C17H19NO2. The van der Waals surface area contributed by atoms with Crippen molar-refractivity contribution >= 4 is 16.7 Å². The zero-order chi connectivity index (χ0) is 13.8. The molecule has 0 bridgehead atoms. The Morgan fingerprint density at radius 2 is 1.85 bits per heavy atom. The lowest BCUT2D eigenvalue weighted by Crippen LogP contribution is -2.29. The summed E-state index contributed by atoms with van der Waals surface area (Å²) in [6.07, 6.45) is 5.07. The van der Waals surface area contributed by atoms with Crippen molar-refractivity contribution in [3.8, 4) is 0 Å². The summed E-state index contributed by atoms with van der Waals surface area (Å²) in [6, 6.07) is 14.3. The predicted molar refractivity (Wildman–Crippen MR) is 79.1 cm³/mol. The molecule has 0 heterocycles. The van der Waals surface area contributed by atoms with E-state index in [-0.39, 0.29) is 12.0 Å². The minimum absolute atomic E-state index is 0.0767. The first-order valence-corrected chi connectivity index (χ1v) is 7.23. The highest BCUT2D eigenvalue weighted by atomic mass is 16.7. The molecule has 0 spiro atoms. The number of benzene rings is 2. The molecule has 2 aromatic carbocycles. The number of carbonyl (C=O) groups excluding carboxylic acids is 1. The molecule has 1 saturated carbocycles. The maximum atomic E-state index is 11.9. The zero-order valence-corrected chi connectivity index (χ0v) is 11.5. The Hall–Kier alpha value is -1.87. The van der Waals surface area contributed by atoms with Gasteiger partial charge in [-0.3, -0.25) is 9.63 Å². The number of rotatable bonds is 4. The van der Waals surface area contributed by atoms with Gasteiger partial charge in [0.15, 0.2) is 0 Å². The smallest absolute Gasteiger partial charge is 0.247 e. The van der Waals surface area contributed by atoms with Crippen molar-refractivity contribution < 1.29 is 9.63 Å². The Bertz CT molecular complexity index is 603. The standard InChI is InChI=1S/C17H19NO2/c19-17(18-20-16-7-3-4-8-16)12-13-9-10-14-5-1-2-6-15(14)11-13/h1-2,5-6,9-11,16H,3-4,7-8,12H2,(H,18,19). The average Bonchev–Trinajstić information content (AvgIpc) is 2.98. The molecular weight excluding hydrogens is 250 g/mol. The van der Waals surface area contributed by atoms with Crippen molar-refractivity contribution in [1.82, 2.24) is 5.48 Å². The molecule has 3 rings (SSSR count). The van der Waals surface area contributed by atoms with Gasteiger partial charge in [0.2, 0.25) is 5.91 Å². The van der Waals surface area contributed by atoms with Crippen molar-refractivity contribution in [1.29, 1.82) is 0 Å². The number of hydrogen-bond acceptors (Lipinski definition) is 2. The van der Waals surface area contributed by atoms with E-state index in [1.165, 1.54) is 18.2 Å². The number of fused-ring (bicyclic) bond motifs is 1. The molecule has 0 atom stereocenters. The Balaban J connectivity index is 1.59. The van der Waals surface area contributed by atoms with Gasteiger partial charge < -0.3 is 0 Å². The van der Waals surface area contributed by atoms with Crippen LogP contribution in [0.4, 0.5) is 0 Å². The van der Waals surface area contributed by atoms with E-state index in [1.807, 2.05) is 18.2 Å². The molecule has 0 saturated heterocycles. The number of hydroxylamine groups is 1. The van der Waals surface area contributed by atoms with Crippen molar-refractivity contribution in [3.63, 3.8) is 0 Å². The molecule has 0 radical (unpaired) electrons. The highest BCUT2D eigenvalue weighted by Gasteiger charge is 2.16. The third-order valence-electron chi connectivity index (χ3n) is 3.82. The molecule has 0 unspecified atom stereocenters. The summed E-state index contributed by atoms with van der Waals surface area (Å²) in [4.78, 5) is 17.3. The average molecular weight is 269 g/mol. The van der Waals surface area contributed by atoms with Gasteiger partial charge >= 0.3 is 0 Å². The summed E-state index contributed by atoms with van der Waals surface area (Å²) in [5.74, 6) is -0.0767. The largest absolute Gasteiger partial charge is 0.272 e. The molecule has 1 amide bonds. The van der Waals surface area contributed by atoms with Gasteiger partial charge in [-0.2, -0.15) is 0 Å². The second-order valence-corrected chi connectivity index (χ2v) is 5.41. The molecule has 1 aliphatic carbocycles. The maximum Gasteiger partial charge on any atom is 0.247 e. The van der Waals surface area contributed by atoms with Gasteiger partial charge in [0.05, 0.1) is 12.5 Å². The zero-order valence-electron chi connectivity index (χ0n) is 11.5. The number of carbonyl (C=O) groups is 1. The third kappa shape index (κ3) is 3.17. The summed E-state index contributed by atoms with van der Waals surface area (Å²) in [7, 11) is 0. The van der Waals surface area contributed by atoms with Crippen LogP contribution in [0.3, 0.4) is 0 Å². The van der Waals surface area contributed by atoms with Crippen LogP contribution in [-0.2, 0) is 16.1 Å². The first-order chi connectivity index (χ1) is 9.81. The van der Waals surface area contributed by atoms with Crippen LogP contribution in [0.25, 0.3) is 10.8 Å². The Kier molecular flexibility index (Phi) is 3.97. The van der Waals surface area contributed by atoms with Gasteiger partial charge in [0.1, 0.15) is 0 Å². The van der Waals surface area contributed by atoms with Crippen LogP contribution in [0.1, 0.15) is 31.2 Å². The molecule has 104 valence electrons. The summed E-state index contributed by atoms with van der Waals surface area (Å²) in [5.41, 5.74) is 3.59. The first-order valence-electron chi connectivity index (χ1n) is 7.23. The quantitative estimate of drug-likeness (QED) is 0.864. The third-order valence-corrected chi connectivity index (χ3v) is 3.82. The maximum absolute atomic E-state index is 11.9. The molecule has 1 N–H and O–H groups in total. The van der Waals surface area contributed by atoms with Crippen LogP contribution in [0.15, 0.2) is 42.5 Å². The van der Waals surface area contributed by atoms with Gasteiger partial charge in [-0.1, -0.05) is 55.3 Å². The van der Waals surface area contributed by atoms with Gasteiger partial charge in [-0.25, -0.2) is 5.48 Å². The summed E-state index contributed by atoms with van der Waals surface area (Å²) in [5, 5.41) is 2.35. The lowest BCUT2D eigenvalue weighted by atomic mass is 10.1. The second kappa shape index (κ2) is 6.06. The van der Waals surface area contributed by atoms with E-state index in [0.29, 0.717) is 6.42 Å². The highest BCUT2D eigenvalue weighted by Crippen LogP contribution is 2.20. The predicted octanol–water partition coefficient (Wildman–Crippen LogP) is 3.37. The number of hydrogen-bond donors (Lipinski definition) is 1. The lowest BCUT2D eigenvalue weighted by molar-refractivity contribution is -0.137. The van der Waals surface area contributed by atoms with Crippen LogP contribution in [0.5, 0.6) is 0 Å². The Morgan fingerprint density at radius 3 is 2.65 bits per heavy atom. The minimum Gasteiger partial charge on any atom is -0.272 e. The fourth-order valence-electron chi connectivity index (χ4n) is 2.73. The van der Waals surface area contributed by atoms with Crippen molar-refractivity contribution in [2.24, 2.45) is 0 Å². The van der Waals surface area contributed by atoms with Crippen molar-refractivity contribution in [2.75, 3.05) is 0 Å². The Morgan fingerprint density at radius 1 is 1.10 bits per heavy atom. The molecule has 1 fully saturated rings. The van der Waals surface area contributed by atoms with Gasteiger partial charge in [0.25, 0.3) is 0 Å². The fourth-order valence-corrected chi connectivity index (χ4v) is 2.73. The second-order valence-electron chi connectivity index (χ2n) is 5.41. The van der Waals surface area contributed by atoms with Gasteiger partial charge in [-0.15, -0.1) is 0 Å². The molecule has 3 nitrogen and oxygen atoms in total. The first kappa shape index (κ1) is 13.1. The fraction of sp³-hybridized carbons (Fsp3) is 0.353. The van der Waals surface area contributed by atoms with E-state index >= 15 is 0 Å². The summed E-state index contributed by atoms with van der Waals surface area (Å²) in [6.45, 7) is 0. The molecule has 0 aliphatic heterocycles. The van der Waals surface area contributed by atoms with Crippen LogP contribution in [-0.4, -0.2) is 12.0 Å². The summed E-state index contributed by atoms with van der Waals surface area (Å²) >= 11 is 0. The van der Waals surface area contributed by atoms with E-state index in [0.717, 1.165) is 23.8 Å². The number of amides is 1. The SMILES string of the molecule is O=C(Cc1ccc2ccccc2c1)NOC1CCCC1. The van der Waals surface area contributed by atoms with Crippen LogP contribution < -0.4 is 5.48 Å². The topological polar surface area (TPSA) is 38.3 Å². The van der Waals surface area contributed by atoms with Crippen molar-refractivity contribution in [2.45, 2.75) is 38.2 Å². The van der Waals surface area contributed by atoms with Gasteiger partial charge in [-0.05, 0) is 29.2 Å². The molecule has 2 aromatic rings. The molecule has 1 aliphatic rings. The van der Waals surface area contributed by atoms with E-state index in [1.54, 1.807) is 0 Å². The Labute approximate surface area is 118 Å². The van der Waals surface area contributed by atoms with Crippen LogP contribution in [0.2, 0.25) is 0 Å². The van der Waals surface area contributed by atoms with E-state index in [4.69, 9.17) is 4.84 Å². The monoisotopic (exact) mass is 269 g/mol. The lowest BCUT2D eigenvalue weighted by Gasteiger charge is -2.11. The van der Waals surface area contributed by atoms with Gasteiger partial charge in [0, 0.05) is 0 Å². The van der Waals surface area contributed by atoms with Crippen LogP contribution in [0, 0.1) is 0 Å². The van der Waals surface area contributed by atoms with E-state index in [9.17, 15) is 4.79 Å². The molecule has 20 heavy (non-hydrogen) atoms. The number of nitrogens with one attached hydrogen (secondary N) is 1. The van der Waals surface area contributed by atoms with Crippen molar-refractivity contribution in [3.05, 3.63) is 48.0 Å². The summed E-state index contributed by atoms with van der Waals surface area (Å²) < 4.78 is 0. The highest BCUT2D eigenvalue weighted by molar-refractivity contribution is 5.85. The van der Waals surface area contributed by atoms with Crippen LogP contribution >= 0.6 is 0 Å². The van der Waals surface area contributed by atoms with E-state index < -0.39 is 0 Å². The molecule has 0 aromatic heterocycles. The van der Waals surface area contributed by atoms with E-state index in [2.05, 4.69) is 29.7 Å². The molecule has 3 heteroatoms. The normalized spacial score (nSPS) is 15.6. The minimum atomic E-state index is -0.0767.